The van der Waals surface area contributed by atoms with Crippen molar-refractivity contribution >= 4 is 33.2 Å². The molecule has 3 aromatic rings. The molecule has 0 saturated heterocycles. The van der Waals surface area contributed by atoms with Crippen LogP contribution in [0, 0.1) is 5.82 Å². The molecule has 1 aliphatic rings. The highest BCUT2D eigenvalue weighted by Gasteiger charge is 2.37. The SMILES string of the molecule is Fc1cc2nc3c(n2cc1Br)[C@H](c1ccccc1Cl)CC3F. The van der Waals surface area contributed by atoms with Crippen LogP contribution in [0.15, 0.2) is 41.0 Å². The first kappa shape index (κ1) is 14.2. The monoisotopic (exact) mass is 382 g/mol. The highest BCUT2D eigenvalue weighted by Crippen LogP contribution is 2.47. The van der Waals surface area contributed by atoms with Crippen LogP contribution in [0.5, 0.6) is 0 Å². The largest absolute Gasteiger partial charge is 0.302 e. The fourth-order valence-electron chi connectivity index (χ4n) is 3.12. The zero-order chi connectivity index (χ0) is 15.4. The molecule has 0 radical (unpaired) electrons. The first-order valence-corrected chi connectivity index (χ1v) is 7.98. The smallest absolute Gasteiger partial charge is 0.145 e. The highest BCUT2D eigenvalue weighted by atomic mass is 79.9. The minimum atomic E-state index is -1.17. The number of imidazole rings is 1. The first-order valence-electron chi connectivity index (χ1n) is 6.81. The molecule has 112 valence electrons. The first-order chi connectivity index (χ1) is 10.6. The number of benzene rings is 1. The van der Waals surface area contributed by atoms with Crippen LogP contribution >= 0.6 is 27.5 Å². The molecule has 1 unspecified atom stereocenters. The Hall–Kier alpha value is -1.46. The Bertz CT molecular complexity index is 893. The summed E-state index contributed by atoms with van der Waals surface area (Å²) in [5, 5.41) is 0.601. The van der Waals surface area contributed by atoms with Crippen molar-refractivity contribution in [2.45, 2.75) is 18.5 Å². The van der Waals surface area contributed by atoms with E-state index in [9.17, 15) is 8.78 Å². The van der Waals surface area contributed by atoms with Gasteiger partial charge in [0, 0.05) is 23.2 Å². The number of hydrogen-bond acceptors (Lipinski definition) is 1. The van der Waals surface area contributed by atoms with Gasteiger partial charge in [0.25, 0.3) is 0 Å². The summed E-state index contributed by atoms with van der Waals surface area (Å²) in [4.78, 5) is 4.27. The summed E-state index contributed by atoms with van der Waals surface area (Å²) in [6.07, 6.45) is 0.732. The molecule has 0 spiro atoms. The van der Waals surface area contributed by atoms with Crippen molar-refractivity contribution < 1.29 is 8.78 Å². The molecule has 2 nitrogen and oxygen atoms in total. The number of alkyl halides is 1. The molecule has 0 fully saturated rings. The molecule has 1 aliphatic carbocycles. The van der Waals surface area contributed by atoms with Gasteiger partial charge >= 0.3 is 0 Å². The number of aromatic nitrogens is 2. The van der Waals surface area contributed by atoms with Gasteiger partial charge in [-0.25, -0.2) is 13.8 Å². The molecule has 0 saturated carbocycles. The average Bonchev–Trinajstić information content (AvgIpc) is 2.99. The third-order valence-electron chi connectivity index (χ3n) is 4.08. The summed E-state index contributed by atoms with van der Waals surface area (Å²) in [6.45, 7) is 0. The van der Waals surface area contributed by atoms with Gasteiger partial charge in [-0.2, -0.15) is 0 Å². The van der Waals surface area contributed by atoms with E-state index in [1.54, 1.807) is 16.7 Å². The molecule has 0 N–H and O–H groups in total. The van der Waals surface area contributed by atoms with Crippen molar-refractivity contribution in [3.63, 3.8) is 0 Å². The lowest BCUT2D eigenvalue weighted by molar-refractivity contribution is 0.330. The topological polar surface area (TPSA) is 17.3 Å². The van der Waals surface area contributed by atoms with Crippen LogP contribution in [0.25, 0.3) is 5.65 Å². The predicted molar refractivity (Wildman–Crippen MR) is 84.6 cm³/mol. The van der Waals surface area contributed by atoms with E-state index < -0.39 is 12.0 Å². The van der Waals surface area contributed by atoms with Gasteiger partial charge in [0.05, 0.1) is 15.9 Å². The summed E-state index contributed by atoms with van der Waals surface area (Å²) in [6, 6.07) is 8.72. The third kappa shape index (κ3) is 1.99. The molecule has 0 amide bonds. The lowest BCUT2D eigenvalue weighted by Crippen LogP contribution is -2.02. The molecule has 0 aliphatic heterocycles. The van der Waals surface area contributed by atoms with E-state index in [2.05, 4.69) is 20.9 Å². The van der Waals surface area contributed by atoms with Crippen molar-refractivity contribution in [1.82, 2.24) is 9.38 Å². The predicted octanol–water partition coefficient (Wildman–Crippen LogP) is 5.44. The number of hydrogen-bond donors (Lipinski definition) is 0. The molecule has 2 heterocycles. The normalized spacial score (nSPS) is 20.5. The van der Waals surface area contributed by atoms with Gasteiger partial charge in [-0.05, 0) is 34.0 Å². The molecule has 6 heteroatoms. The standard InChI is InChI=1S/C16H10BrClF2N2/c17-10-7-22-14(6-12(10)19)21-15-13(20)5-9(16(15)22)8-3-1-2-4-11(8)18/h1-4,6-7,9,13H,5H2/t9-,13?/m0/s1. The van der Waals surface area contributed by atoms with Crippen LogP contribution in [-0.4, -0.2) is 9.38 Å². The minimum Gasteiger partial charge on any atom is -0.302 e. The van der Waals surface area contributed by atoms with E-state index in [1.807, 2.05) is 18.2 Å². The van der Waals surface area contributed by atoms with Gasteiger partial charge in [0.2, 0.25) is 0 Å². The van der Waals surface area contributed by atoms with Crippen molar-refractivity contribution in [3.8, 4) is 0 Å². The van der Waals surface area contributed by atoms with Crippen LogP contribution in [0.3, 0.4) is 0 Å². The fraction of sp³-hybridized carbons (Fsp3) is 0.188. The van der Waals surface area contributed by atoms with Crippen molar-refractivity contribution in [3.05, 3.63) is 68.8 Å². The van der Waals surface area contributed by atoms with E-state index in [0.29, 0.717) is 27.3 Å². The fourth-order valence-corrected chi connectivity index (χ4v) is 3.70. The second kappa shape index (κ2) is 5.03. The Labute approximate surface area is 138 Å². The summed E-state index contributed by atoms with van der Waals surface area (Å²) in [5.74, 6) is -0.605. The molecule has 1 aromatic carbocycles. The van der Waals surface area contributed by atoms with Gasteiger partial charge in [-0.3, -0.25) is 0 Å². The van der Waals surface area contributed by atoms with Crippen LogP contribution in [0.1, 0.15) is 35.5 Å². The number of halogens is 4. The molecule has 22 heavy (non-hydrogen) atoms. The number of rotatable bonds is 1. The van der Waals surface area contributed by atoms with Gasteiger partial charge in [0.15, 0.2) is 0 Å². The van der Waals surface area contributed by atoms with Crippen molar-refractivity contribution in [2.24, 2.45) is 0 Å². The molecule has 2 aromatic heterocycles. The van der Waals surface area contributed by atoms with Gasteiger partial charge in [-0.1, -0.05) is 29.8 Å². The maximum absolute atomic E-state index is 14.4. The maximum Gasteiger partial charge on any atom is 0.145 e. The van der Waals surface area contributed by atoms with Gasteiger partial charge in [0.1, 0.15) is 17.6 Å². The van der Waals surface area contributed by atoms with Crippen molar-refractivity contribution in [1.29, 1.82) is 0 Å². The van der Waals surface area contributed by atoms with Crippen LogP contribution in [-0.2, 0) is 0 Å². The van der Waals surface area contributed by atoms with E-state index in [4.69, 9.17) is 11.6 Å². The lowest BCUT2D eigenvalue weighted by Gasteiger charge is -2.14. The van der Waals surface area contributed by atoms with Crippen molar-refractivity contribution in [2.75, 3.05) is 0 Å². The summed E-state index contributed by atoms with van der Waals surface area (Å²) < 4.78 is 30.1. The highest BCUT2D eigenvalue weighted by molar-refractivity contribution is 9.10. The van der Waals surface area contributed by atoms with Crippen LogP contribution in [0.2, 0.25) is 5.02 Å². The molecular weight excluding hydrogens is 374 g/mol. The Balaban J connectivity index is 1.98. The van der Waals surface area contributed by atoms with Gasteiger partial charge < -0.3 is 4.40 Å². The molecule has 0 bridgehead atoms. The molecular formula is C16H10BrClF2N2. The average molecular weight is 384 g/mol. The maximum atomic E-state index is 14.4. The number of fused-ring (bicyclic) bond motifs is 3. The van der Waals surface area contributed by atoms with E-state index in [0.717, 1.165) is 11.3 Å². The summed E-state index contributed by atoms with van der Waals surface area (Å²) in [7, 11) is 0. The zero-order valence-corrected chi connectivity index (χ0v) is 13.6. The Morgan fingerprint density at radius 3 is 2.86 bits per heavy atom. The Morgan fingerprint density at radius 1 is 1.32 bits per heavy atom. The quantitative estimate of drug-likeness (QED) is 0.547. The van der Waals surface area contributed by atoms with E-state index in [1.165, 1.54) is 6.07 Å². The zero-order valence-electron chi connectivity index (χ0n) is 11.2. The second-order valence-corrected chi connectivity index (χ2v) is 6.62. The third-order valence-corrected chi connectivity index (χ3v) is 5.01. The summed E-state index contributed by atoms with van der Waals surface area (Å²) in [5.41, 5.74) is 2.40. The van der Waals surface area contributed by atoms with Crippen LogP contribution < -0.4 is 0 Å². The Kier molecular flexibility index (Phi) is 3.24. The number of pyridine rings is 1. The molecule has 4 rings (SSSR count). The van der Waals surface area contributed by atoms with Gasteiger partial charge in [-0.15, -0.1) is 0 Å². The Morgan fingerprint density at radius 2 is 2.09 bits per heavy atom. The summed E-state index contributed by atoms with van der Waals surface area (Å²) >= 11 is 9.44. The van der Waals surface area contributed by atoms with E-state index in [-0.39, 0.29) is 5.92 Å². The lowest BCUT2D eigenvalue weighted by atomic mass is 9.96. The van der Waals surface area contributed by atoms with Crippen LogP contribution in [0.4, 0.5) is 8.78 Å². The molecule has 2 atom stereocenters. The van der Waals surface area contributed by atoms with E-state index >= 15 is 0 Å². The number of nitrogens with zero attached hydrogens (tertiary/aromatic N) is 2. The minimum absolute atomic E-state index is 0.189. The second-order valence-electron chi connectivity index (χ2n) is 5.36.